The highest BCUT2D eigenvalue weighted by molar-refractivity contribution is 5.92. The molecular formula is C14H12N2. The molecule has 2 heteroatoms. The van der Waals surface area contributed by atoms with Crippen molar-refractivity contribution in [1.29, 1.82) is 0 Å². The Kier molecular flexibility index (Phi) is 1.43. The number of para-hydroxylation sites is 1. The van der Waals surface area contributed by atoms with Crippen molar-refractivity contribution in [3.63, 3.8) is 0 Å². The van der Waals surface area contributed by atoms with Crippen molar-refractivity contribution in [3.8, 4) is 11.3 Å². The van der Waals surface area contributed by atoms with E-state index in [-0.39, 0.29) is 0 Å². The van der Waals surface area contributed by atoms with Crippen LogP contribution in [-0.2, 0) is 12.8 Å². The summed E-state index contributed by atoms with van der Waals surface area (Å²) in [5, 5.41) is 1.38. The summed E-state index contributed by atoms with van der Waals surface area (Å²) < 4.78 is 0. The van der Waals surface area contributed by atoms with E-state index in [9.17, 15) is 0 Å². The maximum Gasteiger partial charge on any atom is 0.0515 e. The minimum Gasteiger partial charge on any atom is -0.364 e. The maximum atomic E-state index is 3.54. The predicted molar refractivity (Wildman–Crippen MR) is 65.5 cm³/mol. The first-order valence-electron chi connectivity index (χ1n) is 5.70. The zero-order chi connectivity index (χ0) is 10.5. The molecule has 0 bridgehead atoms. The van der Waals surface area contributed by atoms with E-state index >= 15 is 0 Å². The Bertz CT molecular complexity index is 673. The molecule has 1 aromatic carbocycles. The monoisotopic (exact) mass is 208 g/mol. The van der Waals surface area contributed by atoms with Crippen LogP contribution < -0.4 is 0 Å². The van der Waals surface area contributed by atoms with Crippen LogP contribution in [-0.4, -0.2) is 9.97 Å². The number of benzene rings is 1. The summed E-state index contributed by atoms with van der Waals surface area (Å²) in [7, 11) is 0. The molecule has 78 valence electrons. The van der Waals surface area contributed by atoms with Gasteiger partial charge in [0.25, 0.3) is 0 Å². The first-order chi connectivity index (χ1) is 7.93. The first-order valence-corrected chi connectivity index (χ1v) is 5.70. The van der Waals surface area contributed by atoms with Gasteiger partial charge in [0.2, 0.25) is 0 Å². The second-order valence-electron chi connectivity index (χ2n) is 4.39. The van der Waals surface area contributed by atoms with E-state index in [1.54, 1.807) is 0 Å². The molecule has 0 radical (unpaired) electrons. The van der Waals surface area contributed by atoms with Crippen LogP contribution >= 0.6 is 0 Å². The van der Waals surface area contributed by atoms with Crippen molar-refractivity contribution < 1.29 is 0 Å². The van der Waals surface area contributed by atoms with Gasteiger partial charge >= 0.3 is 0 Å². The molecule has 0 saturated carbocycles. The number of hydrogen-bond donors (Lipinski definition) is 2. The number of aryl methyl sites for hydroxylation is 2. The van der Waals surface area contributed by atoms with Crippen LogP contribution in [0.25, 0.3) is 22.2 Å². The molecule has 0 fully saturated rings. The topological polar surface area (TPSA) is 31.6 Å². The van der Waals surface area contributed by atoms with Crippen LogP contribution in [0.15, 0.2) is 36.5 Å². The second-order valence-corrected chi connectivity index (χ2v) is 4.39. The number of H-pyrrole nitrogens is 2. The Morgan fingerprint density at radius 1 is 1.00 bits per heavy atom. The molecule has 0 amide bonds. The number of fused-ring (bicyclic) bond motifs is 5. The summed E-state index contributed by atoms with van der Waals surface area (Å²) in [4.78, 5) is 6.86. The van der Waals surface area contributed by atoms with Gasteiger partial charge in [0.15, 0.2) is 0 Å². The van der Waals surface area contributed by atoms with Gasteiger partial charge in [0, 0.05) is 28.4 Å². The Morgan fingerprint density at radius 2 is 1.94 bits per heavy atom. The molecule has 2 nitrogen and oxygen atoms in total. The number of aromatic nitrogens is 2. The van der Waals surface area contributed by atoms with Crippen molar-refractivity contribution in [3.05, 3.63) is 47.8 Å². The molecular weight excluding hydrogens is 196 g/mol. The fraction of sp³-hybridized carbons (Fsp3) is 0.143. The highest BCUT2D eigenvalue weighted by Gasteiger charge is 2.20. The smallest absolute Gasteiger partial charge is 0.0515 e. The summed E-state index contributed by atoms with van der Waals surface area (Å²) in [6.45, 7) is 0. The highest BCUT2D eigenvalue weighted by atomic mass is 14.8. The minimum atomic E-state index is 1.12. The SMILES string of the molecule is c1ccc2c3c([nH]c2c1)-c1cc[nH]c1CC3. The lowest BCUT2D eigenvalue weighted by Crippen LogP contribution is -2.01. The third-order valence-corrected chi connectivity index (χ3v) is 3.54. The van der Waals surface area contributed by atoms with Gasteiger partial charge in [-0.25, -0.2) is 0 Å². The zero-order valence-corrected chi connectivity index (χ0v) is 8.88. The van der Waals surface area contributed by atoms with Gasteiger partial charge in [0.1, 0.15) is 0 Å². The van der Waals surface area contributed by atoms with Crippen molar-refractivity contribution >= 4 is 10.9 Å². The van der Waals surface area contributed by atoms with Crippen LogP contribution in [0.4, 0.5) is 0 Å². The second kappa shape index (κ2) is 2.79. The van der Waals surface area contributed by atoms with Crippen LogP contribution in [0.2, 0.25) is 0 Å². The molecule has 16 heavy (non-hydrogen) atoms. The third kappa shape index (κ3) is 0.915. The van der Waals surface area contributed by atoms with Crippen LogP contribution in [0.5, 0.6) is 0 Å². The number of aromatic amines is 2. The molecule has 2 N–H and O–H groups in total. The van der Waals surface area contributed by atoms with E-state index in [2.05, 4.69) is 40.3 Å². The van der Waals surface area contributed by atoms with Crippen molar-refractivity contribution in [2.24, 2.45) is 0 Å². The summed E-state index contributed by atoms with van der Waals surface area (Å²) in [5.41, 5.74) is 6.74. The van der Waals surface area contributed by atoms with Gasteiger partial charge < -0.3 is 9.97 Å². The lowest BCUT2D eigenvalue weighted by molar-refractivity contribution is 0.915. The van der Waals surface area contributed by atoms with E-state index in [1.165, 1.54) is 33.4 Å². The fourth-order valence-electron chi connectivity index (χ4n) is 2.78. The molecule has 1 aliphatic carbocycles. The average Bonchev–Trinajstić information content (AvgIpc) is 2.92. The largest absolute Gasteiger partial charge is 0.364 e. The van der Waals surface area contributed by atoms with Crippen molar-refractivity contribution in [2.75, 3.05) is 0 Å². The maximum absolute atomic E-state index is 3.54. The molecule has 0 atom stereocenters. The van der Waals surface area contributed by atoms with Crippen molar-refractivity contribution in [2.45, 2.75) is 12.8 Å². The zero-order valence-electron chi connectivity index (χ0n) is 8.88. The Labute approximate surface area is 93.3 Å². The molecule has 0 saturated heterocycles. The average molecular weight is 208 g/mol. The molecule has 2 aromatic heterocycles. The molecule has 4 rings (SSSR count). The first kappa shape index (κ1) is 8.22. The highest BCUT2D eigenvalue weighted by Crippen LogP contribution is 2.36. The van der Waals surface area contributed by atoms with Gasteiger partial charge in [0.05, 0.1) is 5.69 Å². The standard InChI is InChI=1S/C14H12N2/c1-2-4-13-9(3-1)10-5-6-12-11(7-8-15-12)14(10)16-13/h1-4,7-8,15-16H,5-6H2. The molecule has 2 heterocycles. The Morgan fingerprint density at radius 3 is 2.94 bits per heavy atom. The van der Waals surface area contributed by atoms with Crippen LogP contribution in [0.1, 0.15) is 11.3 Å². The van der Waals surface area contributed by atoms with E-state index in [4.69, 9.17) is 0 Å². The number of rotatable bonds is 0. The van der Waals surface area contributed by atoms with Gasteiger partial charge in [-0.05, 0) is 30.5 Å². The van der Waals surface area contributed by atoms with E-state index in [1.807, 2.05) is 6.20 Å². The molecule has 0 unspecified atom stereocenters. The molecule has 0 aliphatic heterocycles. The van der Waals surface area contributed by atoms with Gasteiger partial charge in [-0.2, -0.15) is 0 Å². The van der Waals surface area contributed by atoms with Gasteiger partial charge in [-0.15, -0.1) is 0 Å². The predicted octanol–water partition coefficient (Wildman–Crippen LogP) is 3.26. The number of nitrogens with one attached hydrogen (secondary N) is 2. The normalized spacial score (nSPS) is 13.8. The summed E-state index contributed by atoms with van der Waals surface area (Å²) >= 11 is 0. The third-order valence-electron chi connectivity index (χ3n) is 3.54. The quantitative estimate of drug-likeness (QED) is 0.568. The summed E-state index contributed by atoms with van der Waals surface area (Å²) in [5.74, 6) is 0. The lowest BCUT2D eigenvalue weighted by Gasteiger charge is -2.12. The van der Waals surface area contributed by atoms with E-state index < -0.39 is 0 Å². The fourth-order valence-corrected chi connectivity index (χ4v) is 2.78. The minimum absolute atomic E-state index is 1.12. The number of hydrogen-bond acceptors (Lipinski definition) is 0. The molecule has 0 spiro atoms. The Hall–Kier alpha value is -1.96. The van der Waals surface area contributed by atoms with Gasteiger partial charge in [-0.1, -0.05) is 18.2 Å². The summed E-state index contributed by atoms with van der Waals surface area (Å²) in [6, 6.07) is 10.7. The Balaban J connectivity index is 2.13. The van der Waals surface area contributed by atoms with E-state index in [0.717, 1.165) is 12.8 Å². The van der Waals surface area contributed by atoms with Crippen LogP contribution in [0.3, 0.4) is 0 Å². The molecule has 1 aliphatic rings. The van der Waals surface area contributed by atoms with Crippen LogP contribution in [0, 0.1) is 0 Å². The lowest BCUT2D eigenvalue weighted by atomic mass is 9.94. The van der Waals surface area contributed by atoms with E-state index in [0.29, 0.717) is 0 Å². The molecule has 3 aromatic rings. The van der Waals surface area contributed by atoms with Crippen molar-refractivity contribution in [1.82, 2.24) is 9.97 Å². The summed E-state index contributed by atoms with van der Waals surface area (Å²) in [6.07, 6.45) is 4.29. The van der Waals surface area contributed by atoms with Gasteiger partial charge in [-0.3, -0.25) is 0 Å².